The highest BCUT2D eigenvalue weighted by Crippen LogP contribution is 2.34. The molecule has 1 aliphatic heterocycles. The van der Waals surface area contributed by atoms with Crippen molar-refractivity contribution in [3.05, 3.63) is 65.5 Å². The van der Waals surface area contributed by atoms with Gasteiger partial charge in [0, 0.05) is 38.3 Å². The molecule has 28 heavy (non-hydrogen) atoms. The molecule has 1 aliphatic rings. The Balaban J connectivity index is 1.50. The first-order chi connectivity index (χ1) is 13.3. The zero-order valence-electron chi connectivity index (χ0n) is 15.2. The molecule has 8 heteroatoms. The summed E-state index contributed by atoms with van der Waals surface area (Å²) in [5.41, 5.74) is -0.478. The smallest absolute Gasteiger partial charge is 0.324 e. The topological polar surface area (TPSA) is 35.6 Å². The van der Waals surface area contributed by atoms with Gasteiger partial charge in [0.05, 0.1) is 17.8 Å². The zero-order valence-corrected chi connectivity index (χ0v) is 15.2. The van der Waals surface area contributed by atoms with Crippen LogP contribution in [0.2, 0.25) is 0 Å². The molecule has 4 nitrogen and oxygen atoms in total. The van der Waals surface area contributed by atoms with Gasteiger partial charge in [-0.2, -0.15) is 13.2 Å². The fraction of sp³-hybridized carbons (Fsp3) is 0.350. The number of amides is 1. The van der Waals surface area contributed by atoms with E-state index in [4.69, 9.17) is 0 Å². The minimum atomic E-state index is -4.53. The molecule has 2 aromatic carbocycles. The van der Waals surface area contributed by atoms with Gasteiger partial charge < -0.3 is 5.32 Å². The number of carbonyl (C=O) groups excluding carboxylic acids is 1. The lowest BCUT2D eigenvalue weighted by molar-refractivity contribution is -0.137. The van der Waals surface area contributed by atoms with Crippen LogP contribution in [0.1, 0.15) is 11.1 Å². The fourth-order valence-corrected chi connectivity index (χ4v) is 3.21. The normalized spacial score (nSPS) is 16.1. The second-order valence-corrected chi connectivity index (χ2v) is 6.74. The van der Waals surface area contributed by atoms with Gasteiger partial charge in [0.2, 0.25) is 5.91 Å². The predicted molar refractivity (Wildman–Crippen MR) is 98.2 cm³/mol. The molecule has 2 aromatic rings. The first kappa shape index (κ1) is 20.3. The lowest BCUT2D eigenvalue weighted by Gasteiger charge is -2.34. The van der Waals surface area contributed by atoms with E-state index in [9.17, 15) is 22.4 Å². The number of anilines is 1. The van der Waals surface area contributed by atoms with Gasteiger partial charge >= 0.3 is 6.18 Å². The minimum Gasteiger partial charge on any atom is -0.324 e. The van der Waals surface area contributed by atoms with Gasteiger partial charge in [-0.3, -0.25) is 14.6 Å². The van der Waals surface area contributed by atoms with Crippen LogP contribution in [-0.4, -0.2) is 48.4 Å². The highest BCUT2D eigenvalue weighted by molar-refractivity contribution is 5.93. The van der Waals surface area contributed by atoms with Crippen molar-refractivity contribution in [1.82, 2.24) is 9.80 Å². The van der Waals surface area contributed by atoms with E-state index in [1.165, 1.54) is 24.3 Å². The molecular formula is C20H21F4N3O. The second-order valence-electron chi connectivity index (χ2n) is 6.74. The lowest BCUT2D eigenvalue weighted by Crippen LogP contribution is -2.48. The molecule has 1 saturated heterocycles. The number of halogens is 4. The SMILES string of the molecule is O=C(CN1CCN(Cc2ccccc2F)CC1)Nc1ccccc1C(F)(F)F. The minimum absolute atomic E-state index is 0.0136. The van der Waals surface area contributed by atoms with Crippen molar-refractivity contribution in [3.8, 4) is 0 Å². The Morgan fingerprint density at radius 3 is 2.21 bits per heavy atom. The summed E-state index contributed by atoms with van der Waals surface area (Å²) in [6.45, 7) is 2.98. The number of nitrogens with one attached hydrogen (secondary N) is 1. The molecule has 0 bridgehead atoms. The summed E-state index contributed by atoms with van der Waals surface area (Å²) in [5, 5.41) is 2.36. The summed E-state index contributed by atoms with van der Waals surface area (Å²) in [6.07, 6.45) is -4.53. The average molecular weight is 395 g/mol. The summed E-state index contributed by atoms with van der Waals surface area (Å²) in [6, 6.07) is 11.5. The van der Waals surface area contributed by atoms with Crippen LogP contribution in [0.5, 0.6) is 0 Å². The molecule has 1 N–H and O–H groups in total. The van der Waals surface area contributed by atoms with E-state index < -0.39 is 17.6 Å². The van der Waals surface area contributed by atoms with Crippen molar-refractivity contribution in [3.63, 3.8) is 0 Å². The van der Waals surface area contributed by atoms with Gasteiger partial charge in [-0.15, -0.1) is 0 Å². The van der Waals surface area contributed by atoms with Crippen molar-refractivity contribution in [1.29, 1.82) is 0 Å². The second kappa shape index (κ2) is 8.70. The Labute approximate surface area is 160 Å². The largest absolute Gasteiger partial charge is 0.418 e. The number of benzene rings is 2. The monoisotopic (exact) mass is 395 g/mol. The highest BCUT2D eigenvalue weighted by Gasteiger charge is 2.33. The number of rotatable bonds is 5. The lowest BCUT2D eigenvalue weighted by atomic mass is 10.1. The molecule has 1 amide bonds. The van der Waals surface area contributed by atoms with E-state index in [-0.39, 0.29) is 18.0 Å². The quantitative estimate of drug-likeness (QED) is 0.786. The third-order valence-electron chi connectivity index (χ3n) is 4.69. The standard InChI is InChI=1S/C20H21F4N3O/c21-17-7-3-1-5-15(17)13-26-9-11-27(12-10-26)14-19(28)25-18-8-4-2-6-16(18)20(22,23)24/h1-8H,9-14H2,(H,25,28). The number of carbonyl (C=O) groups is 1. The van der Waals surface area contributed by atoms with Crippen molar-refractivity contribution < 1.29 is 22.4 Å². The Hall–Kier alpha value is -2.45. The summed E-state index contributed by atoms with van der Waals surface area (Å²) < 4.78 is 52.8. The van der Waals surface area contributed by atoms with Crippen LogP contribution in [0.25, 0.3) is 0 Å². The first-order valence-corrected chi connectivity index (χ1v) is 8.97. The third-order valence-corrected chi connectivity index (χ3v) is 4.69. The molecular weight excluding hydrogens is 374 g/mol. The van der Waals surface area contributed by atoms with Gasteiger partial charge in [-0.25, -0.2) is 4.39 Å². The Morgan fingerprint density at radius 2 is 1.54 bits per heavy atom. The Morgan fingerprint density at radius 1 is 0.929 bits per heavy atom. The zero-order chi connectivity index (χ0) is 20.1. The third kappa shape index (κ3) is 5.30. The van der Waals surface area contributed by atoms with Crippen LogP contribution in [0.15, 0.2) is 48.5 Å². The van der Waals surface area contributed by atoms with Crippen LogP contribution < -0.4 is 5.32 Å². The number of alkyl halides is 3. The number of hydrogen-bond donors (Lipinski definition) is 1. The van der Waals surface area contributed by atoms with Crippen LogP contribution in [0.4, 0.5) is 23.2 Å². The molecule has 150 valence electrons. The number of piperazine rings is 1. The predicted octanol–water partition coefficient (Wildman–Crippen LogP) is 3.60. The maximum absolute atomic E-state index is 13.7. The van der Waals surface area contributed by atoms with Gasteiger partial charge in [-0.05, 0) is 18.2 Å². The summed E-state index contributed by atoms with van der Waals surface area (Å²) in [5.74, 6) is -0.730. The highest BCUT2D eigenvalue weighted by atomic mass is 19.4. The number of para-hydroxylation sites is 1. The molecule has 0 spiro atoms. The van der Waals surface area contributed by atoms with Gasteiger partial charge in [0.1, 0.15) is 5.82 Å². The van der Waals surface area contributed by atoms with E-state index in [1.54, 1.807) is 18.2 Å². The fourth-order valence-electron chi connectivity index (χ4n) is 3.21. The maximum atomic E-state index is 13.7. The van der Waals surface area contributed by atoms with Crippen LogP contribution >= 0.6 is 0 Å². The van der Waals surface area contributed by atoms with E-state index >= 15 is 0 Å². The molecule has 1 heterocycles. The van der Waals surface area contributed by atoms with Gasteiger partial charge in [0.15, 0.2) is 0 Å². The molecule has 0 unspecified atom stereocenters. The average Bonchev–Trinajstić information content (AvgIpc) is 2.65. The van der Waals surface area contributed by atoms with E-state index in [2.05, 4.69) is 10.2 Å². The first-order valence-electron chi connectivity index (χ1n) is 8.97. The summed E-state index contributed by atoms with van der Waals surface area (Å²) in [7, 11) is 0. The van der Waals surface area contributed by atoms with Crippen molar-refractivity contribution in [2.24, 2.45) is 0 Å². The summed E-state index contributed by atoms with van der Waals surface area (Å²) >= 11 is 0. The van der Waals surface area contributed by atoms with Crippen LogP contribution in [-0.2, 0) is 17.5 Å². The van der Waals surface area contributed by atoms with E-state index in [0.29, 0.717) is 38.3 Å². The molecule has 3 rings (SSSR count). The van der Waals surface area contributed by atoms with Crippen LogP contribution in [0, 0.1) is 5.82 Å². The molecule has 0 atom stereocenters. The Bertz CT molecular complexity index is 817. The molecule has 1 fully saturated rings. The molecule has 0 aromatic heterocycles. The maximum Gasteiger partial charge on any atom is 0.418 e. The van der Waals surface area contributed by atoms with Crippen molar-refractivity contribution in [2.45, 2.75) is 12.7 Å². The van der Waals surface area contributed by atoms with Crippen molar-refractivity contribution >= 4 is 11.6 Å². The molecule has 0 radical (unpaired) electrons. The number of hydrogen-bond acceptors (Lipinski definition) is 3. The molecule has 0 saturated carbocycles. The Kier molecular flexibility index (Phi) is 6.31. The van der Waals surface area contributed by atoms with E-state index in [0.717, 1.165) is 6.07 Å². The van der Waals surface area contributed by atoms with Gasteiger partial charge in [-0.1, -0.05) is 30.3 Å². The van der Waals surface area contributed by atoms with Gasteiger partial charge in [0.25, 0.3) is 0 Å². The van der Waals surface area contributed by atoms with Crippen molar-refractivity contribution in [2.75, 3.05) is 38.0 Å². The number of nitrogens with zero attached hydrogens (tertiary/aromatic N) is 2. The van der Waals surface area contributed by atoms with Crippen LogP contribution in [0.3, 0.4) is 0 Å². The van der Waals surface area contributed by atoms with E-state index in [1.807, 2.05) is 4.90 Å². The summed E-state index contributed by atoms with van der Waals surface area (Å²) in [4.78, 5) is 16.2. The molecule has 0 aliphatic carbocycles.